The summed E-state index contributed by atoms with van der Waals surface area (Å²) < 4.78 is 25.1. The van der Waals surface area contributed by atoms with E-state index in [1.807, 2.05) is 0 Å². The van der Waals surface area contributed by atoms with Gasteiger partial charge in [0.2, 0.25) is 0 Å². The van der Waals surface area contributed by atoms with Crippen LogP contribution in [0.5, 0.6) is 0 Å². The molecule has 0 saturated heterocycles. The fraction of sp³-hybridized carbons (Fsp3) is 0.182. The van der Waals surface area contributed by atoms with Gasteiger partial charge in [-0.05, 0) is 11.6 Å². The fourth-order valence-electron chi connectivity index (χ4n) is 1.78. The zero-order valence-electron chi connectivity index (χ0n) is 10.1. The van der Waals surface area contributed by atoms with Crippen LogP contribution in [0.1, 0.15) is 10.4 Å². The van der Waals surface area contributed by atoms with Gasteiger partial charge in [-0.2, -0.15) is 0 Å². The molecule has 2 rings (SSSR count). The summed E-state index contributed by atoms with van der Waals surface area (Å²) in [5, 5.41) is 10.7. The van der Waals surface area contributed by atoms with Crippen molar-refractivity contribution >= 4 is 33.2 Å². The van der Waals surface area contributed by atoms with Gasteiger partial charge in [-0.25, -0.2) is 12.7 Å². The molecule has 0 aliphatic carbocycles. The molecule has 0 atom stereocenters. The third-order valence-electron chi connectivity index (χ3n) is 2.76. The van der Waals surface area contributed by atoms with Crippen LogP contribution in [-0.2, 0) is 10.0 Å². The predicted molar refractivity (Wildman–Crippen MR) is 71.2 cm³/mol. The molecule has 0 spiro atoms. The van der Waals surface area contributed by atoms with Crippen LogP contribution in [0.25, 0.3) is 0 Å². The number of alkyl halides is 1. The number of carbonyl (C=O) groups is 1. The molecule has 1 aliphatic rings. The molecule has 1 amide bonds. The Bertz CT molecular complexity index is 728. The molecule has 0 bridgehead atoms. The van der Waals surface area contributed by atoms with E-state index in [0.29, 0.717) is 9.88 Å². The number of sulfonamides is 1. The topological polar surface area (TPSA) is 97.6 Å². The van der Waals surface area contributed by atoms with Crippen LogP contribution in [0.3, 0.4) is 0 Å². The van der Waals surface area contributed by atoms with E-state index in [-0.39, 0.29) is 22.9 Å². The van der Waals surface area contributed by atoms with Gasteiger partial charge in [0, 0.05) is 18.0 Å². The summed E-state index contributed by atoms with van der Waals surface area (Å²) in [7, 11) is -4.10. The number of nitrogens with zero attached hydrogens (tertiary/aromatic N) is 2. The number of amides is 1. The molecule has 7 nitrogen and oxygen atoms in total. The van der Waals surface area contributed by atoms with Gasteiger partial charge in [-0.15, -0.1) is 11.6 Å². The van der Waals surface area contributed by atoms with Crippen LogP contribution >= 0.6 is 11.6 Å². The van der Waals surface area contributed by atoms with Crippen molar-refractivity contribution in [3.05, 3.63) is 46.0 Å². The molecule has 9 heteroatoms. The molecule has 1 aromatic rings. The quantitative estimate of drug-likeness (QED) is 0.363. The molecule has 0 radical (unpaired) electrons. The van der Waals surface area contributed by atoms with Crippen LogP contribution in [0.15, 0.2) is 35.2 Å². The number of nitro benzene ring substituents is 1. The number of carbonyl (C=O) groups excluding carboxylic acids is 1. The minimum atomic E-state index is -4.10. The number of nitro groups is 1. The average molecular weight is 317 g/mol. The summed E-state index contributed by atoms with van der Waals surface area (Å²) in [4.78, 5) is 21.6. The number of halogens is 1. The standard InChI is InChI=1S/C11H9ClN2O5S/c1-7(5-12)6-13-11(15)9-3-2-8(14(16)17)4-10(9)20(13,18)19/h2-4H,1,5-6H2. The van der Waals surface area contributed by atoms with Crippen molar-refractivity contribution in [2.75, 3.05) is 12.4 Å². The summed E-state index contributed by atoms with van der Waals surface area (Å²) in [6, 6.07) is 3.11. The Kier molecular flexibility index (Phi) is 3.53. The first-order valence-corrected chi connectivity index (χ1v) is 7.34. The monoisotopic (exact) mass is 316 g/mol. The third-order valence-corrected chi connectivity index (χ3v) is 4.90. The highest BCUT2D eigenvalue weighted by molar-refractivity contribution is 7.90. The lowest BCUT2D eigenvalue weighted by Gasteiger charge is -2.15. The van der Waals surface area contributed by atoms with Gasteiger partial charge in [0.25, 0.3) is 21.6 Å². The summed E-state index contributed by atoms with van der Waals surface area (Å²) in [6.45, 7) is 3.30. The van der Waals surface area contributed by atoms with Crippen molar-refractivity contribution in [3.63, 3.8) is 0 Å². The van der Waals surface area contributed by atoms with Crippen molar-refractivity contribution in [3.8, 4) is 0 Å². The zero-order valence-corrected chi connectivity index (χ0v) is 11.6. The van der Waals surface area contributed by atoms with Gasteiger partial charge in [0.1, 0.15) is 4.90 Å². The van der Waals surface area contributed by atoms with E-state index < -0.39 is 26.5 Å². The summed E-state index contributed by atoms with van der Waals surface area (Å²) >= 11 is 5.53. The average Bonchev–Trinajstić information content (AvgIpc) is 2.59. The molecule has 106 valence electrons. The van der Waals surface area contributed by atoms with Gasteiger partial charge in [0.15, 0.2) is 0 Å². The van der Waals surface area contributed by atoms with Gasteiger partial charge >= 0.3 is 0 Å². The normalized spacial score (nSPS) is 16.1. The van der Waals surface area contributed by atoms with Crippen molar-refractivity contribution in [1.82, 2.24) is 4.31 Å². The predicted octanol–water partition coefficient (Wildman–Crippen LogP) is 1.53. The number of hydrogen-bond acceptors (Lipinski definition) is 5. The first-order chi connectivity index (χ1) is 9.28. The zero-order chi connectivity index (χ0) is 15.1. The Morgan fingerprint density at radius 2 is 2.10 bits per heavy atom. The Morgan fingerprint density at radius 1 is 1.45 bits per heavy atom. The molecule has 0 fully saturated rings. The largest absolute Gasteiger partial charge is 0.270 e. The Hall–Kier alpha value is -1.93. The second-order valence-electron chi connectivity index (χ2n) is 4.14. The van der Waals surface area contributed by atoms with Gasteiger partial charge in [0.05, 0.1) is 17.0 Å². The molecule has 20 heavy (non-hydrogen) atoms. The summed E-state index contributed by atoms with van der Waals surface area (Å²) in [5.41, 5.74) is -0.123. The van der Waals surface area contributed by atoms with Crippen LogP contribution in [0, 0.1) is 10.1 Å². The molecule has 0 unspecified atom stereocenters. The first-order valence-electron chi connectivity index (χ1n) is 5.37. The van der Waals surface area contributed by atoms with E-state index in [1.165, 1.54) is 0 Å². The lowest BCUT2D eigenvalue weighted by Crippen LogP contribution is -2.32. The fourth-order valence-corrected chi connectivity index (χ4v) is 3.47. The highest BCUT2D eigenvalue weighted by Crippen LogP contribution is 2.33. The summed E-state index contributed by atoms with van der Waals surface area (Å²) in [5.74, 6) is -0.725. The highest BCUT2D eigenvalue weighted by atomic mass is 35.5. The van der Waals surface area contributed by atoms with Crippen molar-refractivity contribution in [1.29, 1.82) is 0 Å². The van der Waals surface area contributed by atoms with Gasteiger partial charge in [-0.1, -0.05) is 6.58 Å². The second kappa shape index (κ2) is 4.88. The Labute approximate surface area is 119 Å². The number of non-ortho nitro benzene ring substituents is 1. The molecular formula is C11H9ClN2O5S. The van der Waals surface area contributed by atoms with Crippen molar-refractivity contribution in [2.45, 2.75) is 4.90 Å². The van der Waals surface area contributed by atoms with Crippen LogP contribution in [0.4, 0.5) is 5.69 Å². The Morgan fingerprint density at radius 3 is 2.65 bits per heavy atom. The highest BCUT2D eigenvalue weighted by Gasteiger charge is 2.42. The lowest BCUT2D eigenvalue weighted by atomic mass is 10.2. The Balaban J connectivity index is 2.53. The molecule has 0 N–H and O–H groups in total. The number of hydrogen-bond donors (Lipinski definition) is 0. The van der Waals surface area contributed by atoms with E-state index in [2.05, 4.69) is 6.58 Å². The number of rotatable bonds is 4. The summed E-state index contributed by atoms with van der Waals surface area (Å²) in [6.07, 6.45) is 0. The maximum atomic E-state index is 12.2. The van der Waals surface area contributed by atoms with E-state index >= 15 is 0 Å². The number of fused-ring (bicyclic) bond motifs is 1. The van der Waals surface area contributed by atoms with E-state index in [9.17, 15) is 23.3 Å². The maximum absolute atomic E-state index is 12.2. The van der Waals surface area contributed by atoms with Gasteiger partial charge in [-0.3, -0.25) is 14.9 Å². The van der Waals surface area contributed by atoms with Crippen LogP contribution in [0.2, 0.25) is 0 Å². The minimum Gasteiger partial charge on any atom is -0.268 e. The molecule has 1 aromatic carbocycles. The number of benzene rings is 1. The van der Waals surface area contributed by atoms with Gasteiger partial charge < -0.3 is 0 Å². The second-order valence-corrected chi connectivity index (χ2v) is 6.24. The third kappa shape index (κ3) is 2.16. The molecule has 0 saturated carbocycles. The lowest BCUT2D eigenvalue weighted by molar-refractivity contribution is -0.385. The molecule has 1 aliphatic heterocycles. The van der Waals surface area contributed by atoms with E-state index in [1.54, 1.807) is 0 Å². The van der Waals surface area contributed by atoms with Crippen molar-refractivity contribution in [2.24, 2.45) is 0 Å². The first kappa shape index (κ1) is 14.5. The van der Waals surface area contributed by atoms with E-state index in [0.717, 1.165) is 18.2 Å². The van der Waals surface area contributed by atoms with Crippen LogP contribution in [-0.4, -0.2) is 36.0 Å². The van der Waals surface area contributed by atoms with E-state index in [4.69, 9.17) is 11.6 Å². The molecule has 0 aromatic heterocycles. The maximum Gasteiger partial charge on any atom is 0.270 e. The molecule has 1 heterocycles. The minimum absolute atomic E-state index is 0.00972. The van der Waals surface area contributed by atoms with Crippen molar-refractivity contribution < 1.29 is 18.1 Å². The smallest absolute Gasteiger partial charge is 0.268 e. The van der Waals surface area contributed by atoms with Crippen LogP contribution < -0.4 is 0 Å². The SMILES string of the molecule is C=C(CCl)CN1C(=O)c2ccc([N+](=O)[O-])cc2S1(=O)=O. The molecular weight excluding hydrogens is 308 g/mol.